The number of aliphatic hydroxyl groups is 1. The molecule has 0 aromatic heterocycles. The van der Waals surface area contributed by atoms with Crippen molar-refractivity contribution in [3.8, 4) is 0 Å². The Kier molecular flexibility index (Phi) is 3.05. The third kappa shape index (κ3) is 1.95. The average Bonchev–Trinajstić information content (AvgIpc) is 1.98. The van der Waals surface area contributed by atoms with Crippen molar-refractivity contribution < 1.29 is 9.90 Å². The lowest BCUT2D eigenvalue weighted by Gasteiger charge is -2.37. The van der Waals surface area contributed by atoms with Crippen LogP contribution in [0.5, 0.6) is 0 Å². The standard InChI is InChI=1S/C8H16N2O2/c1-2-3-7(9)8(12)10-4-6(11)5-10/h6-7,11H,2-5,9H2,1H3. The molecule has 1 saturated heterocycles. The summed E-state index contributed by atoms with van der Waals surface area (Å²) >= 11 is 0. The summed E-state index contributed by atoms with van der Waals surface area (Å²) in [6.07, 6.45) is 1.32. The molecule has 1 aliphatic heterocycles. The lowest BCUT2D eigenvalue weighted by Crippen LogP contribution is -2.57. The van der Waals surface area contributed by atoms with Crippen molar-refractivity contribution in [1.82, 2.24) is 4.90 Å². The van der Waals surface area contributed by atoms with E-state index in [2.05, 4.69) is 0 Å². The Morgan fingerprint density at radius 3 is 2.75 bits per heavy atom. The molecule has 0 saturated carbocycles. The molecule has 0 aliphatic carbocycles. The molecule has 12 heavy (non-hydrogen) atoms. The number of nitrogens with two attached hydrogens (primary N) is 1. The highest BCUT2D eigenvalue weighted by Crippen LogP contribution is 2.10. The van der Waals surface area contributed by atoms with E-state index in [-0.39, 0.29) is 18.1 Å². The van der Waals surface area contributed by atoms with Crippen molar-refractivity contribution in [2.24, 2.45) is 5.73 Å². The van der Waals surface area contributed by atoms with Crippen LogP contribution in [0.4, 0.5) is 0 Å². The molecule has 1 aliphatic rings. The first-order valence-corrected chi connectivity index (χ1v) is 4.37. The highest BCUT2D eigenvalue weighted by molar-refractivity contribution is 5.82. The van der Waals surface area contributed by atoms with Gasteiger partial charge in [-0.1, -0.05) is 13.3 Å². The Balaban J connectivity index is 2.28. The van der Waals surface area contributed by atoms with Crippen molar-refractivity contribution >= 4 is 5.91 Å². The van der Waals surface area contributed by atoms with Crippen LogP contribution < -0.4 is 5.73 Å². The zero-order chi connectivity index (χ0) is 9.14. The Morgan fingerprint density at radius 1 is 1.75 bits per heavy atom. The fourth-order valence-corrected chi connectivity index (χ4v) is 1.30. The van der Waals surface area contributed by atoms with E-state index >= 15 is 0 Å². The lowest BCUT2D eigenvalue weighted by molar-refractivity contribution is -0.142. The van der Waals surface area contributed by atoms with Crippen LogP contribution in [0, 0.1) is 0 Å². The molecule has 0 spiro atoms. The predicted molar refractivity (Wildman–Crippen MR) is 45.5 cm³/mol. The number of aliphatic hydroxyl groups excluding tert-OH is 1. The smallest absolute Gasteiger partial charge is 0.239 e. The molecule has 4 nitrogen and oxygen atoms in total. The number of carbonyl (C=O) groups excluding carboxylic acids is 1. The summed E-state index contributed by atoms with van der Waals surface area (Å²) in [5.41, 5.74) is 5.61. The number of β-amino-alcohol motifs (C(OH)–C–C–N with tert-alkyl or cyclic N) is 1. The van der Waals surface area contributed by atoms with Gasteiger partial charge in [-0.3, -0.25) is 4.79 Å². The minimum absolute atomic E-state index is 0.0258. The summed E-state index contributed by atoms with van der Waals surface area (Å²) in [5, 5.41) is 8.94. The van der Waals surface area contributed by atoms with Crippen LogP contribution >= 0.6 is 0 Å². The monoisotopic (exact) mass is 172 g/mol. The van der Waals surface area contributed by atoms with Gasteiger partial charge in [-0.25, -0.2) is 0 Å². The van der Waals surface area contributed by atoms with E-state index in [1.165, 1.54) is 0 Å². The highest BCUT2D eigenvalue weighted by Gasteiger charge is 2.31. The van der Waals surface area contributed by atoms with Crippen LogP contribution in [0.1, 0.15) is 19.8 Å². The van der Waals surface area contributed by atoms with E-state index in [0.29, 0.717) is 13.1 Å². The third-order valence-corrected chi connectivity index (χ3v) is 2.09. The summed E-state index contributed by atoms with van der Waals surface area (Å²) in [4.78, 5) is 13.0. The number of likely N-dealkylation sites (tertiary alicyclic amines) is 1. The van der Waals surface area contributed by atoms with E-state index in [1.54, 1.807) is 4.90 Å². The van der Waals surface area contributed by atoms with E-state index in [1.807, 2.05) is 6.92 Å². The van der Waals surface area contributed by atoms with Gasteiger partial charge < -0.3 is 15.7 Å². The van der Waals surface area contributed by atoms with Gasteiger partial charge in [0.1, 0.15) is 0 Å². The van der Waals surface area contributed by atoms with Gasteiger partial charge in [0.25, 0.3) is 0 Å². The summed E-state index contributed by atoms with van der Waals surface area (Å²) in [6, 6.07) is -0.373. The highest BCUT2D eigenvalue weighted by atomic mass is 16.3. The molecule has 1 fully saturated rings. The molecular formula is C8H16N2O2. The van der Waals surface area contributed by atoms with Gasteiger partial charge >= 0.3 is 0 Å². The van der Waals surface area contributed by atoms with Crippen LogP contribution in [0.2, 0.25) is 0 Å². The molecule has 1 unspecified atom stereocenters. The molecular weight excluding hydrogens is 156 g/mol. The van der Waals surface area contributed by atoms with Gasteiger partial charge in [0.15, 0.2) is 0 Å². The summed E-state index contributed by atoms with van der Waals surface area (Å²) in [7, 11) is 0. The van der Waals surface area contributed by atoms with Crippen molar-refractivity contribution in [1.29, 1.82) is 0 Å². The fourth-order valence-electron chi connectivity index (χ4n) is 1.30. The lowest BCUT2D eigenvalue weighted by atomic mass is 10.1. The van der Waals surface area contributed by atoms with Crippen LogP contribution in [-0.4, -0.2) is 41.1 Å². The maximum absolute atomic E-state index is 11.4. The Bertz CT molecular complexity index is 160. The Hall–Kier alpha value is -0.610. The molecule has 3 N–H and O–H groups in total. The number of carbonyl (C=O) groups is 1. The zero-order valence-corrected chi connectivity index (χ0v) is 7.36. The van der Waals surface area contributed by atoms with E-state index in [0.717, 1.165) is 12.8 Å². The number of hydrogen-bond donors (Lipinski definition) is 2. The number of nitrogens with zero attached hydrogens (tertiary/aromatic N) is 1. The summed E-state index contributed by atoms with van der Waals surface area (Å²) < 4.78 is 0. The molecule has 0 aromatic rings. The van der Waals surface area contributed by atoms with Crippen molar-refractivity contribution in [2.75, 3.05) is 13.1 Å². The SMILES string of the molecule is CCCC(N)C(=O)N1CC(O)C1. The van der Waals surface area contributed by atoms with Gasteiger partial charge in [-0.2, -0.15) is 0 Å². The normalized spacial score (nSPS) is 20.4. The van der Waals surface area contributed by atoms with E-state index in [4.69, 9.17) is 10.8 Å². The molecule has 1 rings (SSSR count). The maximum Gasteiger partial charge on any atom is 0.239 e. The second-order valence-electron chi connectivity index (χ2n) is 3.29. The second kappa shape index (κ2) is 3.87. The van der Waals surface area contributed by atoms with Crippen LogP contribution in [0.15, 0.2) is 0 Å². The minimum Gasteiger partial charge on any atom is -0.389 e. The summed E-state index contributed by atoms with van der Waals surface area (Å²) in [5.74, 6) is -0.0258. The van der Waals surface area contributed by atoms with E-state index in [9.17, 15) is 4.79 Å². The first-order chi connectivity index (χ1) is 5.65. The molecule has 0 radical (unpaired) electrons. The van der Waals surface area contributed by atoms with Gasteiger partial charge in [0.05, 0.1) is 12.1 Å². The van der Waals surface area contributed by atoms with Gasteiger partial charge in [0, 0.05) is 13.1 Å². The Morgan fingerprint density at radius 2 is 2.33 bits per heavy atom. The van der Waals surface area contributed by atoms with Crippen molar-refractivity contribution in [2.45, 2.75) is 31.9 Å². The quantitative estimate of drug-likeness (QED) is 0.592. The number of hydrogen-bond acceptors (Lipinski definition) is 3. The molecule has 1 atom stereocenters. The molecule has 0 bridgehead atoms. The average molecular weight is 172 g/mol. The maximum atomic E-state index is 11.4. The molecule has 70 valence electrons. The van der Waals surface area contributed by atoms with Crippen molar-refractivity contribution in [3.63, 3.8) is 0 Å². The van der Waals surface area contributed by atoms with Crippen molar-refractivity contribution in [3.05, 3.63) is 0 Å². The summed E-state index contributed by atoms with van der Waals surface area (Å²) in [6.45, 7) is 2.91. The topological polar surface area (TPSA) is 66.6 Å². The molecule has 1 amide bonds. The number of rotatable bonds is 3. The molecule has 1 heterocycles. The third-order valence-electron chi connectivity index (χ3n) is 2.09. The van der Waals surface area contributed by atoms with Gasteiger partial charge in [0.2, 0.25) is 5.91 Å². The second-order valence-corrected chi connectivity index (χ2v) is 3.29. The predicted octanol–water partition coefficient (Wildman–Crippen LogP) is -0.683. The van der Waals surface area contributed by atoms with Crippen LogP contribution in [0.3, 0.4) is 0 Å². The van der Waals surface area contributed by atoms with Gasteiger partial charge in [-0.05, 0) is 6.42 Å². The number of amides is 1. The zero-order valence-electron chi connectivity index (χ0n) is 7.36. The van der Waals surface area contributed by atoms with E-state index < -0.39 is 0 Å². The van der Waals surface area contributed by atoms with Crippen LogP contribution in [-0.2, 0) is 4.79 Å². The fraction of sp³-hybridized carbons (Fsp3) is 0.875. The van der Waals surface area contributed by atoms with Gasteiger partial charge in [-0.15, -0.1) is 0 Å². The van der Waals surface area contributed by atoms with Crippen LogP contribution in [0.25, 0.3) is 0 Å². The molecule has 4 heteroatoms. The Labute approximate surface area is 72.3 Å². The minimum atomic E-state index is -0.373. The first-order valence-electron chi connectivity index (χ1n) is 4.37. The largest absolute Gasteiger partial charge is 0.389 e. The molecule has 0 aromatic carbocycles. The first kappa shape index (κ1) is 9.48.